The molecule has 1 unspecified atom stereocenters. The van der Waals surface area contributed by atoms with Gasteiger partial charge in [-0.3, -0.25) is 19.5 Å². The smallest absolute Gasteiger partial charge is 0.302 e. The fraction of sp³-hybridized carbons (Fsp3) is 0.154. The molecule has 0 bridgehead atoms. The summed E-state index contributed by atoms with van der Waals surface area (Å²) in [6.45, 7) is 0. The summed E-state index contributed by atoms with van der Waals surface area (Å²) in [5.74, 6) is -0.428. The molecular formula is C26H21BrN4O6. The summed E-state index contributed by atoms with van der Waals surface area (Å²) in [6, 6.07) is 10.6. The Kier molecular flexibility index (Phi) is 6.30. The van der Waals surface area contributed by atoms with Crippen LogP contribution in [0.4, 0.5) is 5.95 Å². The number of anilines is 1. The van der Waals surface area contributed by atoms with Crippen molar-refractivity contribution in [2.45, 2.75) is 6.04 Å². The van der Waals surface area contributed by atoms with E-state index in [0.717, 1.165) is 0 Å². The Morgan fingerprint density at radius 2 is 1.76 bits per heavy atom. The van der Waals surface area contributed by atoms with Gasteiger partial charge in [0.05, 0.1) is 48.5 Å². The van der Waals surface area contributed by atoms with Crippen LogP contribution in [0.1, 0.15) is 17.2 Å². The van der Waals surface area contributed by atoms with E-state index >= 15 is 0 Å². The largest absolute Gasteiger partial charge is 0.507 e. The minimum atomic E-state index is -0.987. The first-order valence-corrected chi connectivity index (χ1v) is 11.8. The number of aliphatic hydroxyl groups is 1. The second-order valence-corrected chi connectivity index (χ2v) is 8.94. The maximum Gasteiger partial charge on any atom is 0.302 e. The van der Waals surface area contributed by atoms with Crippen LogP contribution in [0.5, 0.6) is 17.2 Å². The first kappa shape index (κ1) is 24.3. The lowest BCUT2D eigenvalue weighted by atomic mass is 9.96. The molecule has 0 saturated carbocycles. The van der Waals surface area contributed by atoms with E-state index in [1.807, 2.05) is 0 Å². The highest BCUT2D eigenvalue weighted by molar-refractivity contribution is 9.10. The standard InChI is InChI=1S/C26H21BrN4O6/c1-35-18-7-6-13(9-15(18)27)23(32)21-22(14-5-4-8-28-12-14)31(25(34)24(21)33)26-29-16-10-19(36-2)20(37-3)11-17(16)30-26/h4-12,22,32H,1-3H3,(H,29,30)/b23-21+. The number of aromatic amines is 1. The number of benzene rings is 2. The fourth-order valence-corrected chi connectivity index (χ4v) is 4.85. The Morgan fingerprint density at radius 1 is 1.03 bits per heavy atom. The number of amides is 1. The Balaban J connectivity index is 1.70. The summed E-state index contributed by atoms with van der Waals surface area (Å²) in [7, 11) is 4.54. The minimum absolute atomic E-state index is 0.0920. The van der Waals surface area contributed by atoms with Crippen molar-refractivity contribution in [2.24, 2.45) is 0 Å². The van der Waals surface area contributed by atoms with Gasteiger partial charge in [0.25, 0.3) is 5.78 Å². The number of aromatic nitrogens is 3. The van der Waals surface area contributed by atoms with E-state index in [1.54, 1.807) is 48.7 Å². The van der Waals surface area contributed by atoms with E-state index in [4.69, 9.17) is 14.2 Å². The highest BCUT2D eigenvalue weighted by Crippen LogP contribution is 2.42. The number of H-pyrrole nitrogens is 1. The number of nitrogens with one attached hydrogen (secondary N) is 1. The average Bonchev–Trinajstić information content (AvgIpc) is 3.45. The number of halogens is 1. The van der Waals surface area contributed by atoms with E-state index in [9.17, 15) is 14.7 Å². The van der Waals surface area contributed by atoms with Crippen molar-refractivity contribution in [3.63, 3.8) is 0 Å². The Hall–Kier alpha value is -4.38. The summed E-state index contributed by atoms with van der Waals surface area (Å²) >= 11 is 3.40. The van der Waals surface area contributed by atoms with E-state index in [2.05, 4.69) is 30.9 Å². The zero-order valence-electron chi connectivity index (χ0n) is 20.0. The van der Waals surface area contributed by atoms with Crippen molar-refractivity contribution >= 4 is 50.4 Å². The zero-order chi connectivity index (χ0) is 26.3. The first-order valence-electron chi connectivity index (χ1n) is 11.0. The van der Waals surface area contributed by atoms with E-state index in [-0.39, 0.29) is 17.3 Å². The van der Waals surface area contributed by atoms with E-state index < -0.39 is 17.7 Å². The molecule has 0 radical (unpaired) electrons. The predicted octanol–water partition coefficient (Wildman–Crippen LogP) is 4.37. The molecule has 2 aromatic carbocycles. The monoisotopic (exact) mass is 564 g/mol. The Bertz CT molecular complexity index is 1530. The van der Waals surface area contributed by atoms with Crippen LogP contribution in [0.25, 0.3) is 16.8 Å². The van der Waals surface area contributed by atoms with Gasteiger partial charge in [0, 0.05) is 30.1 Å². The summed E-state index contributed by atoms with van der Waals surface area (Å²) in [4.78, 5) is 39.8. The number of Topliss-reactive ketones (excluding diaryl/α,β-unsaturated/α-hetero) is 1. The number of methoxy groups -OCH3 is 3. The number of nitrogens with zero attached hydrogens (tertiary/aromatic N) is 3. The summed E-state index contributed by atoms with van der Waals surface area (Å²) in [6.07, 6.45) is 3.12. The molecule has 2 aromatic heterocycles. The molecule has 3 heterocycles. The number of rotatable bonds is 6. The molecule has 0 spiro atoms. The van der Waals surface area contributed by atoms with Crippen LogP contribution in [-0.2, 0) is 9.59 Å². The lowest BCUT2D eigenvalue weighted by Gasteiger charge is -2.22. The van der Waals surface area contributed by atoms with Crippen LogP contribution in [0, 0.1) is 0 Å². The topological polar surface area (TPSA) is 127 Å². The van der Waals surface area contributed by atoms with Gasteiger partial charge in [-0.25, -0.2) is 4.98 Å². The second kappa shape index (κ2) is 9.58. The number of aliphatic hydroxyl groups excluding tert-OH is 1. The predicted molar refractivity (Wildman–Crippen MR) is 139 cm³/mol. The second-order valence-electron chi connectivity index (χ2n) is 8.09. The van der Waals surface area contributed by atoms with Gasteiger partial charge in [-0.05, 0) is 45.8 Å². The SMILES string of the molecule is COc1ccc(/C(O)=C2\C(=O)C(=O)N(c3nc4cc(OC)c(OC)cc4[nH]3)C2c2cccnc2)cc1Br. The van der Waals surface area contributed by atoms with Gasteiger partial charge in [-0.15, -0.1) is 0 Å². The lowest BCUT2D eigenvalue weighted by molar-refractivity contribution is -0.132. The molecular weight excluding hydrogens is 544 g/mol. The average molecular weight is 565 g/mol. The van der Waals surface area contributed by atoms with Gasteiger partial charge in [0.15, 0.2) is 11.5 Å². The molecule has 10 nitrogen and oxygen atoms in total. The number of hydrogen-bond donors (Lipinski definition) is 2. The number of hydrogen-bond acceptors (Lipinski definition) is 8. The van der Waals surface area contributed by atoms with Crippen LogP contribution < -0.4 is 19.1 Å². The molecule has 1 atom stereocenters. The summed E-state index contributed by atoms with van der Waals surface area (Å²) in [5, 5.41) is 11.3. The normalized spacial score (nSPS) is 16.9. The van der Waals surface area contributed by atoms with Gasteiger partial charge >= 0.3 is 5.91 Å². The number of pyridine rings is 1. The molecule has 0 aliphatic carbocycles. The van der Waals surface area contributed by atoms with Crippen molar-refractivity contribution in [2.75, 3.05) is 26.2 Å². The quantitative estimate of drug-likeness (QED) is 0.201. The highest BCUT2D eigenvalue weighted by Gasteiger charge is 2.48. The van der Waals surface area contributed by atoms with Crippen molar-refractivity contribution in [1.29, 1.82) is 0 Å². The molecule has 1 amide bonds. The summed E-state index contributed by atoms with van der Waals surface area (Å²) in [5.41, 5.74) is 1.83. The number of fused-ring (bicyclic) bond motifs is 1. The highest BCUT2D eigenvalue weighted by atomic mass is 79.9. The van der Waals surface area contributed by atoms with E-state index in [1.165, 1.54) is 32.4 Å². The molecule has 11 heteroatoms. The zero-order valence-corrected chi connectivity index (χ0v) is 21.6. The Morgan fingerprint density at radius 3 is 2.41 bits per heavy atom. The van der Waals surface area contributed by atoms with Crippen molar-refractivity contribution in [3.05, 3.63) is 76.0 Å². The molecule has 4 aromatic rings. The third kappa shape index (κ3) is 4.06. The molecule has 1 saturated heterocycles. The van der Waals surface area contributed by atoms with Crippen molar-refractivity contribution in [1.82, 2.24) is 15.0 Å². The molecule has 188 valence electrons. The van der Waals surface area contributed by atoms with Crippen molar-refractivity contribution < 1.29 is 28.9 Å². The third-order valence-corrected chi connectivity index (χ3v) is 6.69. The Labute approximate surface area is 219 Å². The number of ketones is 1. The van der Waals surface area contributed by atoms with Crippen LogP contribution >= 0.6 is 15.9 Å². The molecule has 1 aliphatic rings. The van der Waals surface area contributed by atoms with Crippen LogP contribution in [0.15, 0.2) is 64.9 Å². The van der Waals surface area contributed by atoms with Gasteiger partial charge in [0.2, 0.25) is 5.95 Å². The molecule has 37 heavy (non-hydrogen) atoms. The fourth-order valence-electron chi connectivity index (χ4n) is 4.31. The van der Waals surface area contributed by atoms with Gasteiger partial charge < -0.3 is 24.3 Å². The molecule has 1 fully saturated rings. The lowest BCUT2D eigenvalue weighted by Crippen LogP contribution is -2.30. The number of imidazole rings is 1. The third-order valence-electron chi connectivity index (χ3n) is 6.07. The maximum atomic E-state index is 13.4. The van der Waals surface area contributed by atoms with Crippen LogP contribution in [0.2, 0.25) is 0 Å². The summed E-state index contributed by atoms with van der Waals surface area (Å²) < 4.78 is 16.6. The number of carbonyl (C=O) groups is 2. The minimum Gasteiger partial charge on any atom is -0.507 e. The van der Waals surface area contributed by atoms with E-state index in [0.29, 0.717) is 43.9 Å². The van der Waals surface area contributed by atoms with Crippen LogP contribution in [-0.4, -0.2) is 53.1 Å². The number of ether oxygens (including phenoxy) is 3. The van der Waals surface area contributed by atoms with Gasteiger partial charge in [0.1, 0.15) is 11.5 Å². The first-order chi connectivity index (χ1) is 17.9. The van der Waals surface area contributed by atoms with Gasteiger partial charge in [-0.1, -0.05) is 6.07 Å². The number of carbonyl (C=O) groups excluding carboxylic acids is 2. The molecule has 2 N–H and O–H groups in total. The molecule has 5 rings (SSSR count). The van der Waals surface area contributed by atoms with Crippen molar-refractivity contribution in [3.8, 4) is 17.2 Å². The molecule has 1 aliphatic heterocycles. The maximum absolute atomic E-state index is 13.4. The van der Waals surface area contributed by atoms with Crippen LogP contribution in [0.3, 0.4) is 0 Å². The van der Waals surface area contributed by atoms with Gasteiger partial charge in [-0.2, -0.15) is 0 Å².